The number of oxime groups is 1. The Morgan fingerprint density at radius 2 is 1.76 bits per heavy atom. The molecule has 0 radical (unpaired) electrons. The van der Waals surface area contributed by atoms with Gasteiger partial charge in [-0.05, 0) is 80.5 Å². The third-order valence-corrected chi connectivity index (χ3v) is 10.3. The van der Waals surface area contributed by atoms with Gasteiger partial charge >= 0.3 is 11.9 Å². The monoisotopic (exact) mass is 474 g/mol. The molecular formula is C27H42N2O5. The van der Waals surface area contributed by atoms with Crippen molar-refractivity contribution in [1.82, 2.24) is 0 Å². The summed E-state index contributed by atoms with van der Waals surface area (Å²) in [5.41, 5.74) is 7.03. The Hall–Kier alpha value is -1.89. The van der Waals surface area contributed by atoms with Gasteiger partial charge in [-0.3, -0.25) is 0 Å². The molecule has 7 atom stereocenters. The Kier molecular flexibility index (Phi) is 6.89. The highest BCUT2D eigenvalue weighted by molar-refractivity contribution is 5.91. The summed E-state index contributed by atoms with van der Waals surface area (Å²) in [5, 5.41) is 13.3. The van der Waals surface area contributed by atoms with Crippen LogP contribution in [0.3, 0.4) is 0 Å². The second-order valence-corrected chi connectivity index (χ2v) is 12.1. The van der Waals surface area contributed by atoms with Crippen molar-refractivity contribution in [1.29, 1.82) is 0 Å². The number of carbonyl (C=O) groups is 2. The predicted molar refractivity (Wildman–Crippen MR) is 130 cm³/mol. The van der Waals surface area contributed by atoms with Crippen molar-refractivity contribution in [2.75, 3.05) is 13.2 Å². The van der Waals surface area contributed by atoms with Crippen molar-refractivity contribution < 1.29 is 24.3 Å². The number of carboxylic acid groups (broad SMARTS) is 1. The van der Waals surface area contributed by atoms with Gasteiger partial charge in [-0.1, -0.05) is 32.9 Å². The molecule has 7 nitrogen and oxygen atoms in total. The van der Waals surface area contributed by atoms with Crippen LogP contribution in [0.25, 0.3) is 0 Å². The van der Waals surface area contributed by atoms with Crippen molar-refractivity contribution in [3.05, 3.63) is 12.2 Å². The van der Waals surface area contributed by atoms with Gasteiger partial charge in [0.15, 0.2) is 0 Å². The Labute approximate surface area is 203 Å². The molecule has 34 heavy (non-hydrogen) atoms. The van der Waals surface area contributed by atoms with Gasteiger partial charge in [-0.25, -0.2) is 9.59 Å². The van der Waals surface area contributed by atoms with E-state index in [4.69, 9.17) is 20.4 Å². The smallest absolute Gasteiger partial charge is 0.331 e. The number of ether oxygens (including phenoxy) is 1. The molecule has 4 aliphatic carbocycles. The number of hydrogen-bond donors (Lipinski definition) is 2. The number of carboxylic acids is 1. The van der Waals surface area contributed by atoms with E-state index in [0.717, 1.165) is 50.7 Å². The molecule has 4 aliphatic rings. The average molecular weight is 475 g/mol. The van der Waals surface area contributed by atoms with Gasteiger partial charge in [0.05, 0.1) is 5.71 Å². The van der Waals surface area contributed by atoms with Gasteiger partial charge in [0.25, 0.3) is 0 Å². The molecule has 4 saturated carbocycles. The summed E-state index contributed by atoms with van der Waals surface area (Å²) in [6, 6.07) is 0. The summed E-state index contributed by atoms with van der Waals surface area (Å²) in [7, 11) is 0. The molecule has 3 N–H and O–H groups in total. The molecule has 4 fully saturated rings. The largest absolute Gasteiger partial charge is 0.478 e. The lowest BCUT2D eigenvalue weighted by Gasteiger charge is -2.63. The second kappa shape index (κ2) is 9.29. The first kappa shape index (κ1) is 25.2. The Bertz CT molecular complexity index is 867. The van der Waals surface area contributed by atoms with Crippen LogP contribution in [0.15, 0.2) is 17.3 Å². The van der Waals surface area contributed by atoms with E-state index in [0.29, 0.717) is 36.8 Å². The van der Waals surface area contributed by atoms with Crippen molar-refractivity contribution in [3.8, 4) is 0 Å². The first-order valence-electron chi connectivity index (χ1n) is 13.0. The Balaban J connectivity index is 1.50. The van der Waals surface area contributed by atoms with Crippen molar-refractivity contribution in [2.45, 2.75) is 85.2 Å². The number of nitrogens with zero attached hydrogens (tertiary/aromatic N) is 1. The zero-order chi connectivity index (χ0) is 24.7. The molecule has 0 saturated heterocycles. The van der Waals surface area contributed by atoms with Crippen LogP contribution < -0.4 is 5.73 Å². The van der Waals surface area contributed by atoms with E-state index in [1.54, 1.807) is 0 Å². The lowest BCUT2D eigenvalue weighted by molar-refractivity contribution is -0.160. The maximum atomic E-state index is 12.2. The Morgan fingerprint density at radius 1 is 1.03 bits per heavy atom. The fourth-order valence-corrected chi connectivity index (χ4v) is 8.72. The summed E-state index contributed by atoms with van der Waals surface area (Å²) >= 11 is 0. The number of carbonyl (C=O) groups excluding carboxylic acids is 1. The van der Waals surface area contributed by atoms with Crippen LogP contribution >= 0.6 is 0 Å². The van der Waals surface area contributed by atoms with E-state index >= 15 is 0 Å². The number of hydrogen-bond acceptors (Lipinski definition) is 6. The fourth-order valence-electron chi connectivity index (χ4n) is 8.72. The number of esters is 1. The SMILES string of the molecule is CC1(C)/C(=N/OCCN)CC[C@@]2(C)C1CC[C@H]1[C@@H]3CC[C@H](OC(=O)/C=C/C(=O)O)[C@@]3(C)CC[C@@H]12. The Morgan fingerprint density at radius 3 is 2.47 bits per heavy atom. The molecule has 0 bridgehead atoms. The molecule has 0 amide bonds. The van der Waals surface area contributed by atoms with Crippen LogP contribution in [0.2, 0.25) is 0 Å². The van der Waals surface area contributed by atoms with Crippen LogP contribution in [0.5, 0.6) is 0 Å². The van der Waals surface area contributed by atoms with E-state index in [-0.39, 0.29) is 22.3 Å². The van der Waals surface area contributed by atoms with Gasteiger partial charge in [-0.2, -0.15) is 0 Å². The number of aliphatic carboxylic acids is 1. The molecule has 0 heterocycles. The highest BCUT2D eigenvalue weighted by Crippen LogP contribution is 2.68. The summed E-state index contributed by atoms with van der Waals surface area (Å²) in [6.45, 7) is 10.5. The third kappa shape index (κ3) is 4.18. The third-order valence-electron chi connectivity index (χ3n) is 10.3. The molecule has 4 rings (SSSR count). The molecule has 0 spiro atoms. The number of nitrogens with two attached hydrogens (primary N) is 1. The normalized spacial score (nSPS) is 42.0. The molecular weight excluding hydrogens is 432 g/mol. The van der Waals surface area contributed by atoms with Gasteiger partial charge in [-0.15, -0.1) is 0 Å². The zero-order valence-electron chi connectivity index (χ0n) is 21.2. The summed E-state index contributed by atoms with van der Waals surface area (Å²) in [6.07, 6.45) is 10.5. The minimum absolute atomic E-state index is 0.0114. The molecule has 7 heteroatoms. The van der Waals surface area contributed by atoms with Crippen molar-refractivity contribution in [3.63, 3.8) is 0 Å². The van der Waals surface area contributed by atoms with Crippen molar-refractivity contribution in [2.24, 2.45) is 50.8 Å². The zero-order valence-corrected chi connectivity index (χ0v) is 21.2. The first-order valence-corrected chi connectivity index (χ1v) is 13.0. The van der Waals surface area contributed by atoms with E-state index in [2.05, 4.69) is 32.9 Å². The van der Waals surface area contributed by atoms with Gasteiger partial charge in [0.2, 0.25) is 0 Å². The number of rotatable bonds is 6. The molecule has 0 aromatic rings. The van der Waals surface area contributed by atoms with Crippen LogP contribution in [0.1, 0.15) is 79.1 Å². The average Bonchev–Trinajstić information content (AvgIpc) is 3.10. The van der Waals surface area contributed by atoms with E-state index in [9.17, 15) is 9.59 Å². The minimum Gasteiger partial charge on any atom is -0.478 e. The maximum absolute atomic E-state index is 12.2. The van der Waals surface area contributed by atoms with Crippen LogP contribution in [0, 0.1) is 39.9 Å². The highest BCUT2D eigenvalue weighted by atomic mass is 16.6. The molecule has 0 aliphatic heterocycles. The quantitative estimate of drug-likeness (QED) is 0.253. The van der Waals surface area contributed by atoms with Crippen LogP contribution in [-0.2, 0) is 19.2 Å². The summed E-state index contributed by atoms with van der Waals surface area (Å²) < 4.78 is 5.81. The van der Waals surface area contributed by atoms with Crippen LogP contribution in [0.4, 0.5) is 0 Å². The minimum atomic E-state index is -1.13. The van der Waals surface area contributed by atoms with Gasteiger partial charge in [0, 0.05) is 29.5 Å². The fraction of sp³-hybridized carbons (Fsp3) is 0.815. The van der Waals surface area contributed by atoms with E-state index < -0.39 is 11.9 Å². The molecule has 190 valence electrons. The molecule has 1 unspecified atom stereocenters. The summed E-state index contributed by atoms with van der Waals surface area (Å²) in [4.78, 5) is 28.5. The standard InChI is InChI=1S/C27H42N2O5/c1-25(2)20-7-5-17-18-6-8-22(34-24(32)10-9-23(30)31)27(18,4)13-11-19(17)26(20,3)14-12-21(25)29-33-16-15-28/h9-10,17-20,22H,5-8,11-16,28H2,1-4H3,(H,30,31)/b10-9+,29-21+/t17-,18-,19-,20?,22-,26+,27-/m0/s1. The van der Waals surface area contributed by atoms with Gasteiger partial charge < -0.3 is 20.4 Å². The topological polar surface area (TPSA) is 111 Å². The second-order valence-electron chi connectivity index (χ2n) is 12.1. The predicted octanol–water partition coefficient (Wildman–Crippen LogP) is 4.55. The molecule has 0 aromatic heterocycles. The number of fused-ring (bicyclic) bond motifs is 5. The maximum Gasteiger partial charge on any atom is 0.331 e. The van der Waals surface area contributed by atoms with E-state index in [1.807, 2.05) is 0 Å². The van der Waals surface area contributed by atoms with Gasteiger partial charge in [0.1, 0.15) is 12.7 Å². The van der Waals surface area contributed by atoms with E-state index in [1.165, 1.54) is 18.6 Å². The summed E-state index contributed by atoms with van der Waals surface area (Å²) in [5.74, 6) is 0.793. The van der Waals surface area contributed by atoms with Crippen LogP contribution in [-0.4, -0.2) is 42.0 Å². The lowest BCUT2D eigenvalue weighted by Crippen LogP contribution is -2.58. The first-order chi connectivity index (χ1) is 16.0. The lowest BCUT2D eigenvalue weighted by atomic mass is 9.41. The molecule has 0 aromatic carbocycles. The van der Waals surface area contributed by atoms with Crippen molar-refractivity contribution >= 4 is 17.7 Å². The highest BCUT2D eigenvalue weighted by Gasteiger charge is 2.63.